The lowest BCUT2D eigenvalue weighted by atomic mass is 9.98. The number of nitrogens with zero attached hydrogens (tertiary/aromatic N) is 2. The Morgan fingerprint density at radius 1 is 0.889 bits per heavy atom. The van der Waals surface area contributed by atoms with Gasteiger partial charge in [0.15, 0.2) is 5.69 Å². The van der Waals surface area contributed by atoms with Gasteiger partial charge in [-0.15, -0.1) is 0 Å². The van der Waals surface area contributed by atoms with Gasteiger partial charge in [-0.1, -0.05) is 54.6 Å². The maximum absolute atomic E-state index is 7.34. The van der Waals surface area contributed by atoms with Crippen LogP contribution in [0, 0.1) is 13.1 Å². The molecule has 1 atom stereocenters. The van der Waals surface area contributed by atoms with Crippen LogP contribution in [0.4, 0.5) is 5.69 Å². The van der Waals surface area contributed by atoms with E-state index >= 15 is 0 Å². The van der Waals surface area contributed by atoms with Crippen LogP contribution in [-0.2, 0) is 6.42 Å². The molecule has 0 aromatic heterocycles. The fourth-order valence-electron chi connectivity index (χ4n) is 1.93. The van der Waals surface area contributed by atoms with Gasteiger partial charge in [0.25, 0.3) is 0 Å². The Morgan fingerprint density at radius 2 is 1.56 bits per heavy atom. The normalized spacial score (nSPS) is 11.2. The van der Waals surface area contributed by atoms with E-state index in [4.69, 9.17) is 13.1 Å². The van der Waals surface area contributed by atoms with Gasteiger partial charge in [0.1, 0.15) is 0 Å². The summed E-state index contributed by atoms with van der Waals surface area (Å²) in [6.45, 7) is 14.5. The maximum Gasteiger partial charge on any atom is 0.243 e. The molecule has 0 aliphatic heterocycles. The number of hydrogen-bond acceptors (Lipinski definition) is 0. The van der Waals surface area contributed by atoms with Crippen molar-refractivity contribution in [3.63, 3.8) is 0 Å². The second-order valence-electron chi connectivity index (χ2n) is 4.01. The summed E-state index contributed by atoms with van der Waals surface area (Å²) in [7, 11) is 0. The summed E-state index contributed by atoms with van der Waals surface area (Å²) >= 11 is 0. The van der Waals surface area contributed by atoms with E-state index < -0.39 is 0 Å². The Bertz CT molecular complexity index is 603. The largest absolute Gasteiger partial charge is 0.310 e. The summed E-state index contributed by atoms with van der Waals surface area (Å²) in [5.74, 6) is 0. The zero-order chi connectivity index (χ0) is 12.8. The van der Waals surface area contributed by atoms with Gasteiger partial charge >= 0.3 is 0 Å². The van der Waals surface area contributed by atoms with Crippen LogP contribution >= 0.6 is 0 Å². The second-order valence-corrected chi connectivity index (χ2v) is 4.01. The van der Waals surface area contributed by atoms with E-state index in [-0.39, 0.29) is 6.04 Å². The molecule has 2 nitrogen and oxygen atoms in total. The van der Waals surface area contributed by atoms with Crippen molar-refractivity contribution in [2.75, 3.05) is 0 Å². The van der Waals surface area contributed by atoms with Gasteiger partial charge in [0.05, 0.1) is 13.0 Å². The molecule has 2 rings (SSSR count). The van der Waals surface area contributed by atoms with Gasteiger partial charge in [-0.3, -0.25) is 0 Å². The Morgan fingerprint density at radius 3 is 2.22 bits per heavy atom. The first-order chi connectivity index (χ1) is 8.85. The van der Waals surface area contributed by atoms with Crippen molar-refractivity contribution >= 4 is 5.69 Å². The highest BCUT2D eigenvalue weighted by atomic mass is 14.7. The van der Waals surface area contributed by atoms with Crippen LogP contribution in [0.2, 0.25) is 0 Å². The lowest BCUT2D eigenvalue weighted by Gasteiger charge is -2.07. The van der Waals surface area contributed by atoms with Gasteiger partial charge in [0, 0.05) is 5.56 Å². The third-order valence-electron chi connectivity index (χ3n) is 2.84. The molecule has 0 amide bonds. The molecule has 0 saturated heterocycles. The minimum atomic E-state index is -0.280. The van der Waals surface area contributed by atoms with E-state index in [1.807, 2.05) is 48.5 Å². The smallest absolute Gasteiger partial charge is 0.243 e. The molecule has 0 spiro atoms. The molecule has 2 aromatic carbocycles. The minimum absolute atomic E-state index is 0.280. The maximum atomic E-state index is 7.34. The lowest BCUT2D eigenvalue weighted by molar-refractivity contribution is 0.834. The van der Waals surface area contributed by atoms with Gasteiger partial charge < -0.3 is 4.85 Å². The van der Waals surface area contributed by atoms with Crippen molar-refractivity contribution in [2.24, 2.45) is 0 Å². The third-order valence-corrected chi connectivity index (χ3v) is 2.84. The summed E-state index contributed by atoms with van der Waals surface area (Å²) in [4.78, 5) is 7.16. The monoisotopic (exact) mass is 232 g/mol. The zero-order valence-electron chi connectivity index (χ0n) is 9.88. The highest BCUT2D eigenvalue weighted by molar-refractivity contribution is 5.54. The number of benzene rings is 2. The summed E-state index contributed by atoms with van der Waals surface area (Å²) in [5.41, 5.74) is 2.53. The van der Waals surface area contributed by atoms with Gasteiger partial charge in [0.2, 0.25) is 6.04 Å². The molecule has 0 fully saturated rings. The van der Waals surface area contributed by atoms with Crippen LogP contribution in [-0.4, -0.2) is 0 Å². The Kier molecular flexibility index (Phi) is 3.74. The SMILES string of the molecule is [C-]#[N+]c1ccccc1C(Cc1ccccc1)[N+]#[C-]. The molecule has 0 radical (unpaired) electrons. The van der Waals surface area contributed by atoms with Gasteiger partial charge in [-0.2, -0.15) is 0 Å². The first-order valence-electron chi connectivity index (χ1n) is 5.72. The first kappa shape index (κ1) is 11.9. The molecule has 0 bridgehead atoms. The average Bonchev–Trinajstić information content (AvgIpc) is 2.46. The second kappa shape index (κ2) is 5.66. The van der Waals surface area contributed by atoms with Crippen LogP contribution < -0.4 is 0 Å². The van der Waals surface area contributed by atoms with Crippen LogP contribution in [0.3, 0.4) is 0 Å². The average molecular weight is 232 g/mol. The summed E-state index contributed by atoms with van der Waals surface area (Å²) in [6, 6.07) is 17.0. The van der Waals surface area contributed by atoms with Crippen LogP contribution in [0.25, 0.3) is 9.69 Å². The van der Waals surface area contributed by atoms with E-state index in [1.165, 1.54) is 0 Å². The highest BCUT2D eigenvalue weighted by Gasteiger charge is 2.19. The van der Waals surface area contributed by atoms with Crippen molar-refractivity contribution in [3.05, 3.63) is 88.6 Å². The van der Waals surface area contributed by atoms with E-state index in [1.54, 1.807) is 6.07 Å². The molecule has 0 aliphatic carbocycles. The predicted molar refractivity (Wildman–Crippen MR) is 72.2 cm³/mol. The molecule has 18 heavy (non-hydrogen) atoms. The summed E-state index contributed by atoms with van der Waals surface area (Å²) in [6.07, 6.45) is 0.650. The van der Waals surface area contributed by atoms with Crippen molar-refractivity contribution < 1.29 is 0 Å². The van der Waals surface area contributed by atoms with Gasteiger partial charge in [-0.05, 0) is 5.56 Å². The molecule has 0 saturated carbocycles. The predicted octanol–water partition coefficient (Wildman–Crippen LogP) is 4.44. The molecule has 2 aromatic rings. The summed E-state index contributed by atoms with van der Waals surface area (Å²) < 4.78 is 0. The fraction of sp³-hybridized carbons (Fsp3) is 0.125. The van der Waals surface area contributed by atoms with Crippen molar-refractivity contribution in [1.29, 1.82) is 0 Å². The van der Waals surface area contributed by atoms with Crippen molar-refractivity contribution in [2.45, 2.75) is 12.5 Å². The molecular formula is C16H12N2. The van der Waals surface area contributed by atoms with E-state index in [9.17, 15) is 0 Å². The fourth-order valence-corrected chi connectivity index (χ4v) is 1.93. The molecule has 0 aliphatic rings. The topological polar surface area (TPSA) is 8.72 Å². The molecular weight excluding hydrogens is 220 g/mol. The highest BCUT2D eigenvalue weighted by Crippen LogP contribution is 2.30. The molecule has 1 unspecified atom stereocenters. The van der Waals surface area contributed by atoms with E-state index in [2.05, 4.69) is 9.69 Å². The Labute approximate surface area is 107 Å². The molecule has 86 valence electrons. The number of rotatable bonds is 3. The number of hydrogen-bond donors (Lipinski definition) is 0. The minimum Gasteiger partial charge on any atom is -0.310 e. The Balaban J connectivity index is 2.30. The van der Waals surface area contributed by atoms with Crippen LogP contribution in [0.1, 0.15) is 17.2 Å². The number of para-hydroxylation sites is 1. The Hall–Kier alpha value is -2.58. The standard InChI is InChI=1S/C16H12N2/c1-17-15-11-7-6-10-14(15)16(18-2)12-13-8-4-3-5-9-13/h3-11,16H,12H2. The first-order valence-corrected chi connectivity index (χ1v) is 5.72. The van der Waals surface area contributed by atoms with Crippen molar-refractivity contribution in [1.82, 2.24) is 0 Å². The van der Waals surface area contributed by atoms with E-state index in [0.717, 1.165) is 11.1 Å². The molecule has 0 heterocycles. The van der Waals surface area contributed by atoms with E-state index in [0.29, 0.717) is 12.1 Å². The van der Waals surface area contributed by atoms with Gasteiger partial charge in [-0.25, -0.2) is 11.4 Å². The summed E-state index contributed by atoms with van der Waals surface area (Å²) in [5, 5.41) is 0. The lowest BCUT2D eigenvalue weighted by Crippen LogP contribution is -1.98. The van der Waals surface area contributed by atoms with Crippen molar-refractivity contribution in [3.8, 4) is 0 Å². The van der Waals surface area contributed by atoms with Crippen LogP contribution in [0.15, 0.2) is 54.6 Å². The third kappa shape index (κ3) is 2.56. The molecule has 0 N–H and O–H groups in total. The molecule has 2 heteroatoms. The quantitative estimate of drug-likeness (QED) is 0.692. The zero-order valence-corrected chi connectivity index (χ0v) is 9.88. The van der Waals surface area contributed by atoms with Crippen LogP contribution in [0.5, 0.6) is 0 Å².